The molecule has 0 radical (unpaired) electrons. The Morgan fingerprint density at radius 1 is 1.35 bits per heavy atom. The monoisotopic (exact) mass is 237 g/mol. The van der Waals surface area contributed by atoms with Gasteiger partial charge in [-0.2, -0.15) is 4.98 Å². The first-order chi connectivity index (χ1) is 8.16. The van der Waals surface area contributed by atoms with Crippen LogP contribution in [-0.2, 0) is 6.54 Å². The Morgan fingerprint density at radius 2 is 2.12 bits per heavy atom. The summed E-state index contributed by atoms with van der Waals surface area (Å²) in [5, 5.41) is 7.39. The van der Waals surface area contributed by atoms with Crippen molar-refractivity contribution in [2.24, 2.45) is 11.8 Å². The van der Waals surface area contributed by atoms with E-state index in [1.54, 1.807) is 0 Å². The first-order valence-electron chi connectivity index (χ1n) is 6.69. The number of nitrogens with zero attached hydrogens (tertiary/aromatic N) is 2. The predicted octanol–water partition coefficient (Wildman–Crippen LogP) is 2.68. The number of aromatic nitrogens is 2. The SMILES string of the molecule is Cc1noc(CNC2CCCCC2C(C)C)n1. The summed E-state index contributed by atoms with van der Waals surface area (Å²) in [6.07, 6.45) is 5.33. The molecule has 1 heterocycles. The molecule has 4 heteroatoms. The van der Waals surface area contributed by atoms with Crippen molar-refractivity contribution in [2.45, 2.75) is 59.0 Å². The molecule has 1 aromatic rings. The average molecular weight is 237 g/mol. The summed E-state index contributed by atoms with van der Waals surface area (Å²) in [5.74, 6) is 2.95. The molecule has 2 unspecified atom stereocenters. The molecule has 0 spiro atoms. The maximum atomic E-state index is 5.13. The highest BCUT2D eigenvalue weighted by atomic mass is 16.5. The standard InChI is InChI=1S/C13H23N3O/c1-9(2)11-6-4-5-7-12(11)14-8-13-15-10(3)16-17-13/h9,11-12,14H,4-8H2,1-3H3. The highest BCUT2D eigenvalue weighted by Gasteiger charge is 2.27. The molecule has 0 aromatic carbocycles. The zero-order chi connectivity index (χ0) is 12.3. The van der Waals surface area contributed by atoms with Crippen LogP contribution in [0, 0.1) is 18.8 Å². The number of nitrogens with one attached hydrogen (secondary N) is 1. The molecule has 1 saturated carbocycles. The molecule has 2 rings (SSSR count). The van der Waals surface area contributed by atoms with Crippen molar-refractivity contribution in [1.29, 1.82) is 0 Å². The van der Waals surface area contributed by atoms with Crippen LogP contribution in [0.5, 0.6) is 0 Å². The minimum Gasteiger partial charge on any atom is -0.338 e. The second-order valence-electron chi connectivity index (χ2n) is 5.42. The second-order valence-corrected chi connectivity index (χ2v) is 5.42. The van der Waals surface area contributed by atoms with Crippen molar-refractivity contribution in [3.05, 3.63) is 11.7 Å². The van der Waals surface area contributed by atoms with Crippen LogP contribution in [0.25, 0.3) is 0 Å². The van der Waals surface area contributed by atoms with Crippen molar-refractivity contribution in [3.8, 4) is 0 Å². The van der Waals surface area contributed by atoms with E-state index in [2.05, 4.69) is 29.3 Å². The maximum absolute atomic E-state index is 5.13. The van der Waals surface area contributed by atoms with Crippen molar-refractivity contribution in [2.75, 3.05) is 0 Å². The molecular formula is C13H23N3O. The van der Waals surface area contributed by atoms with E-state index in [9.17, 15) is 0 Å². The fourth-order valence-electron chi connectivity index (χ4n) is 2.84. The molecule has 1 aromatic heterocycles. The molecule has 1 aliphatic rings. The summed E-state index contributed by atoms with van der Waals surface area (Å²) >= 11 is 0. The Balaban J connectivity index is 1.88. The van der Waals surface area contributed by atoms with Gasteiger partial charge in [-0.1, -0.05) is 31.8 Å². The zero-order valence-electron chi connectivity index (χ0n) is 11.1. The van der Waals surface area contributed by atoms with Gasteiger partial charge in [-0.05, 0) is 31.6 Å². The lowest BCUT2D eigenvalue weighted by atomic mass is 9.78. The molecule has 0 amide bonds. The molecule has 2 atom stereocenters. The number of rotatable bonds is 4. The topological polar surface area (TPSA) is 51.0 Å². The van der Waals surface area contributed by atoms with E-state index < -0.39 is 0 Å². The van der Waals surface area contributed by atoms with Crippen molar-refractivity contribution in [1.82, 2.24) is 15.5 Å². The van der Waals surface area contributed by atoms with Crippen LogP contribution in [0.3, 0.4) is 0 Å². The van der Waals surface area contributed by atoms with Gasteiger partial charge in [0.05, 0.1) is 6.54 Å². The number of hydrogen-bond donors (Lipinski definition) is 1. The summed E-state index contributed by atoms with van der Waals surface area (Å²) < 4.78 is 5.13. The molecular weight excluding hydrogens is 214 g/mol. The highest BCUT2D eigenvalue weighted by molar-refractivity contribution is 4.87. The maximum Gasteiger partial charge on any atom is 0.240 e. The number of hydrogen-bond acceptors (Lipinski definition) is 4. The van der Waals surface area contributed by atoms with Gasteiger partial charge in [0.15, 0.2) is 5.82 Å². The second kappa shape index (κ2) is 5.63. The van der Waals surface area contributed by atoms with Gasteiger partial charge in [-0.25, -0.2) is 0 Å². The molecule has 1 N–H and O–H groups in total. The lowest BCUT2D eigenvalue weighted by Gasteiger charge is -2.34. The van der Waals surface area contributed by atoms with Crippen LogP contribution >= 0.6 is 0 Å². The third-order valence-electron chi connectivity index (χ3n) is 3.76. The largest absolute Gasteiger partial charge is 0.338 e. The molecule has 1 aliphatic carbocycles. The summed E-state index contributed by atoms with van der Waals surface area (Å²) in [4.78, 5) is 4.22. The van der Waals surface area contributed by atoms with Crippen LogP contribution in [0.4, 0.5) is 0 Å². The molecule has 4 nitrogen and oxygen atoms in total. The van der Waals surface area contributed by atoms with Crippen molar-refractivity contribution < 1.29 is 4.52 Å². The third-order valence-corrected chi connectivity index (χ3v) is 3.76. The van der Waals surface area contributed by atoms with Crippen LogP contribution in [0.15, 0.2) is 4.52 Å². The van der Waals surface area contributed by atoms with Crippen molar-refractivity contribution >= 4 is 0 Å². The minimum atomic E-state index is 0.607. The molecule has 0 bridgehead atoms. The zero-order valence-corrected chi connectivity index (χ0v) is 11.1. The summed E-state index contributed by atoms with van der Waals surface area (Å²) in [7, 11) is 0. The van der Waals surface area contributed by atoms with Gasteiger partial charge < -0.3 is 9.84 Å². The molecule has 17 heavy (non-hydrogen) atoms. The van der Waals surface area contributed by atoms with E-state index in [0.717, 1.165) is 11.8 Å². The smallest absolute Gasteiger partial charge is 0.240 e. The van der Waals surface area contributed by atoms with E-state index in [0.29, 0.717) is 24.3 Å². The van der Waals surface area contributed by atoms with Gasteiger partial charge in [-0.3, -0.25) is 0 Å². The fourth-order valence-corrected chi connectivity index (χ4v) is 2.84. The third kappa shape index (κ3) is 3.28. The van der Waals surface area contributed by atoms with E-state index in [1.165, 1.54) is 25.7 Å². The average Bonchev–Trinajstić information content (AvgIpc) is 2.73. The van der Waals surface area contributed by atoms with E-state index in [-0.39, 0.29) is 0 Å². The van der Waals surface area contributed by atoms with Gasteiger partial charge in [0.25, 0.3) is 0 Å². The number of aryl methyl sites for hydroxylation is 1. The van der Waals surface area contributed by atoms with Gasteiger partial charge in [0.1, 0.15) is 0 Å². The normalized spacial score (nSPS) is 25.4. The Labute approximate surface area is 103 Å². The van der Waals surface area contributed by atoms with Crippen LogP contribution < -0.4 is 5.32 Å². The minimum absolute atomic E-state index is 0.607. The Kier molecular flexibility index (Phi) is 4.15. The predicted molar refractivity (Wildman–Crippen MR) is 66.5 cm³/mol. The lowest BCUT2D eigenvalue weighted by Crippen LogP contribution is -2.40. The molecule has 96 valence electrons. The van der Waals surface area contributed by atoms with Gasteiger partial charge in [-0.15, -0.1) is 0 Å². The summed E-state index contributed by atoms with van der Waals surface area (Å²) in [6, 6.07) is 0.607. The molecule has 1 fully saturated rings. The van der Waals surface area contributed by atoms with Crippen LogP contribution in [-0.4, -0.2) is 16.2 Å². The fraction of sp³-hybridized carbons (Fsp3) is 0.846. The molecule has 0 aliphatic heterocycles. The van der Waals surface area contributed by atoms with Gasteiger partial charge in [0, 0.05) is 6.04 Å². The van der Waals surface area contributed by atoms with E-state index in [1.807, 2.05) is 6.92 Å². The molecule has 0 saturated heterocycles. The Morgan fingerprint density at radius 3 is 2.76 bits per heavy atom. The van der Waals surface area contributed by atoms with E-state index >= 15 is 0 Å². The first kappa shape index (κ1) is 12.6. The Bertz CT molecular complexity index is 348. The van der Waals surface area contributed by atoms with Gasteiger partial charge in [0.2, 0.25) is 5.89 Å². The highest BCUT2D eigenvalue weighted by Crippen LogP contribution is 2.30. The first-order valence-corrected chi connectivity index (χ1v) is 6.69. The van der Waals surface area contributed by atoms with Crippen LogP contribution in [0.2, 0.25) is 0 Å². The van der Waals surface area contributed by atoms with Crippen LogP contribution in [0.1, 0.15) is 51.2 Å². The lowest BCUT2D eigenvalue weighted by molar-refractivity contribution is 0.199. The van der Waals surface area contributed by atoms with Crippen molar-refractivity contribution in [3.63, 3.8) is 0 Å². The summed E-state index contributed by atoms with van der Waals surface area (Å²) in [5.41, 5.74) is 0. The summed E-state index contributed by atoms with van der Waals surface area (Å²) in [6.45, 7) is 7.20. The Hall–Kier alpha value is -0.900. The van der Waals surface area contributed by atoms with Gasteiger partial charge >= 0.3 is 0 Å². The van der Waals surface area contributed by atoms with E-state index in [4.69, 9.17) is 4.52 Å². The quantitative estimate of drug-likeness (QED) is 0.874.